The van der Waals surface area contributed by atoms with E-state index in [-0.39, 0.29) is 18.4 Å². The first kappa shape index (κ1) is 22.5. The lowest BCUT2D eigenvalue weighted by molar-refractivity contribution is -0.123. The van der Waals surface area contributed by atoms with Crippen LogP contribution in [0, 0.1) is 17.2 Å². The van der Waals surface area contributed by atoms with Crippen molar-refractivity contribution >= 4 is 39.7 Å². The topological polar surface area (TPSA) is 112 Å². The summed E-state index contributed by atoms with van der Waals surface area (Å²) in [6.45, 7) is 0.149. The van der Waals surface area contributed by atoms with Gasteiger partial charge in [0.1, 0.15) is 17.2 Å². The van der Waals surface area contributed by atoms with Crippen molar-refractivity contribution < 1.29 is 23.4 Å². The zero-order valence-corrected chi connectivity index (χ0v) is 18.1. The van der Waals surface area contributed by atoms with E-state index in [1.807, 2.05) is 6.07 Å². The largest absolute Gasteiger partial charge is 0.484 e. The Hall–Kier alpha value is -2.15. The lowest BCUT2D eigenvalue weighted by atomic mass is 10.1. The second kappa shape index (κ2) is 9.77. The molecule has 1 amide bonds. The Morgan fingerprint density at radius 1 is 1.13 bits per heavy atom. The SMILES string of the molecule is N#Cc1cc(Cl)cc(Oc2cc(Cl)cc(OCC(=O)NCC3CCS(O)(O)C3)c2)c1. The van der Waals surface area contributed by atoms with Crippen LogP contribution in [-0.4, -0.2) is 39.7 Å². The van der Waals surface area contributed by atoms with Gasteiger partial charge in [-0.05, 0) is 42.7 Å². The summed E-state index contributed by atoms with van der Waals surface area (Å²) in [7, 11) is -2.48. The molecule has 1 heterocycles. The highest BCUT2D eigenvalue weighted by molar-refractivity contribution is 8.24. The van der Waals surface area contributed by atoms with Gasteiger partial charge in [-0.2, -0.15) is 15.9 Å². The number of hydrogen-bond acceptors (Lipinski definition) is 6. The molecule has 1 aliphatic heterocycles. The summed E-state index contributed by atoms with van der Waals surface area (Å²) in [5.41, 5.74) is 0.358. The van der Waals surface area contributed by atoms with Crippen molar-refractivity contribution in [2.45, 2.75) is 6.42 Å². The first-order chi connectivity index (χ1) is 14.2. The van der Waals surface area contributed by atoms with Crippen LogP contribution in [0.1, 0.15) is 12.0 Å². The predicted molar refractivity (Wildman–Crippen MR) is 117 cm³/mol. The summed E-state index contributed by atoms with van der Waals surface area (Å²) in [6, 6.07) is 11.3. The van der Waals surface area contributed by atoms with Gasteiger partial charge in [0, 0.05) is 34.2 Å². The fourth-order valence-electron chi connectivity index (χ4n) is 3.02. The number of nitrogens with one attached hydrogen (secondary N) is 1. The lowest BCUT2D eigenvalue weighted by Crippen LogP contribution is -2.33. The molecule has 0 bridgehead atoms. The van der Waals surface area contributed by atoms with E-state index in [4.69, 9.17) is 37.9 Å². The Kier molecular flexibility index (Phi) is 7.34. The molecule has 7 nitrogen and oxygen atoms in total. The summed E-state index contributed by atoms with van der Waals surface area (Å²) in [6.07, 6.45) is 0.676. The molecule has 3 rings (SSSR count). The van der Waals surface area contributed by atoms with E-state index in [0.29, 0.717) is 57.3 Å². The van der Waals surface area contributed by atoms with Gasteiger partial charge in [-0.3, -0.25) is 13.9 Å². The lowest BCUT2D eigenvalue weighted by Gasteiger charge is -2.26. The van der Waals surface area contributed by atoms with Crippen molar-refractivity contribution in [1.82, 2.24) is 5.32 Å². The van der Waals surface area contributed by atoms with Crippen molar-refractivity contribution in [2.75, 3.05) is 24.7 Å². The molecule has 0 radical (unpaired) electrons. The maximum Gasteiger partial charge on any atom is 0.257 e. The second-order valence-corrected chi connectivity index (χ2v) is 10.2. The Morgan fingerprint density at radius 3 is 2.47 bits per heavy atom. The van der Waals surface area contributed by atoms with Gasteiger partial charge in [-0.1, -0.05) is 23.2 Å². The van der Waals surface area contributed by atoms with Crippen LogP contribution in [0.15, 0.2) is 36.4 Å². The van der Waals surface area contributed by atoms with E-state index in [1.165, 1.54) is 6.07 Å². The minimum atomic E-state index is -2.48. The van der Waals surface area contributed by atoms with E-state index >= 15 is 0 Å². The molecule has 1 atom stereocenters. The standard InChI is InChI=1S/C20H20Cl2N2O5S/c21-15-3-14(9-23)4-18(6-15)29-19-7-16(22)5-17(8-19)28-11-20(25)24-10-13-1-2-30(26,27)12-13/h3-8,13,26-27H,1-2,10-12H2,(H,24,25). The van der Waals surface area contributed by atoms with Gasteiger partial charge >= 0.3 is 0 Å². The van der Waals surface area contributed by atoms with E-state index in [1.54, 1.807) is 30.3 Å². The summed E-state index contributed by atoms with van der Waals surface area (Å²) < 4.78 is 30.5. The number of carbonyl (C=O) groups is 1. The second-order valence-electron chi connectivity index (χ2n) is 6.93. The van der Waals surface area contributed by atoms with Gasteiger partial charge in [0.05, 0.1) is 11.6 Å². The first-order valence-electron chi connectivity index (χ1n) is 9.05. The average molecular weight is 471 g/mol. The van der Waals surface area contributed by atoms with Crippen LogP contribution in [-0.2, 0) is 4.79 Å². The van der Waals surface area contributed by atoms with Crippen molar-refractivity contribution in [2.24, 2.45) is 5.92 Å². The van der Waals surface area contributed by atoms with Crippen molar-refractivity contribution in [3.63, 3.8) is 0 Å². The number of benzene rings is 2. The molecule has 2 aromatic rings. The van der Waals surface area contributed by atoms with Crippen molar-refractivity contribution in [3.8, 4) is 23.3 Å². The molecule has 0 aliphatic carbocycles. The maximum atomic E-state index is 12.0. The fourth-order valence-corrected chi connectivity index (χ4v) is 5.38. The van der Waals surface area contributed by atoms with E-state index < -0.39 is 10.6 Å². The quantitative estimate of drug-likeness (QED) is 0.529. The third-order valence-electron chi connectivity index (χ3n) is 4.39. The molecule has 1 fully saturated rings. The van der Waals surface area contributed by atoms with Crippen LogP contribution < -0.4 is 14.8 Å². The van der Waals surface area contributed by atoms with Gasteiger partial charge < -0.3 is 14.8 Å². The minimum Gasteiger partial charge on any atom is -0.484 e. The molecule has 1 saturated heterocycles. The highest BCUT2D eigenvalue weighted by Gasteiger charge is 2.28. The van der Waals surface area contributed by atoms with E-state index in [0.717, 1.165) is 0 Å². The molecule has 0 spiro atoms. The number of amides is 1. The first-order valence-corrected chi connectivity index (χ1v) is 11.7. The third kappa shape index (κ3) is 6.69. The minimum absolute atomic E-state index is 0.0566. The molecule has 160 valence electrons. The van der Waals surface area contributed by atoms with Gasteiger partial charge in [-0.25, -0.2) is 0 Å². The Balaban J connectivity index is 1.56. The Labute approximate surface area is 185 Å². The van der Waals surface area contributed by atoms with Crippen LogP contribution in [0.4, 0.5) is 0 Å². The smallest absolute Gasteiger partial charge is 0.257 e. The van der Waals surface area contributed by atoms with Crippen LogP contribution in [0.25, 0.3) is 0 Å². The Morgan fingerprint density at radius 2 is 1.80 bits per heavy atom. The summed E-state index contributed by atoms with van der Waals surface area (Å²) in [5.74, 6) is 1.51. The summed E-state index contributed by atoms with van der Waals surface area (Å²) in [4.78, 5) is 12.0. The molecule has 30 heavy (non-hydrogen) atoms. The van der Waals surface area contributed by atoms with Gasteiger partial charge in [-0.15, -0.1) is 0 Å². The predicted octanol–water partition coefficient (Wildman–Crippen LogP) is 4.92. The molecule has 0 aromatic heterocycles. The summed E-state index contributed by atoms with van der Waals surface area (Å²) in [5, 5.41) is 12.5. The third-order valence-corrected chi connectivity index (χ3v) is 6.73. The van der Waals surface area contributed by atoms with E-state index in [2.05, 4.69) is 5.32 Å². The number of rotatable bonds is 7. The van der Waals surface area contributed by atoms with Crippen LogP contribution in [0.5, 0.6) is 17.2 Å². The molecule has 1 unspecified atom stereocenters. The number of halogens is 2. The fraction of sp³-hybridized carbons (Fsp3) is 0.300. The number of nitriles is 1. The number of ether oxygens (including phenoxy) is 2. The van der Waals surface area contributed by atoms with Gasteiger partial charge in [0.15, 0.2) is 6.61 Å². The zero-order valence-electron chi connectivity index (χ0n) is 15.8. The number of nitrogens with zero attached hydrogens (tertiary/aromatic N) is 1. The molecule has 0 saturated carbocycles. The number of carbonyl (C=O) groups excluding carboxylic acids is 1. The van der Waals surface area contributed by atoms with Crippen molar-refractivity contribution in [1.29, 1.82) is 5.26 Å². The van der Waals surface area contributed by atoms with Crippen LogP contribution in [0.2, 0.25) is 10.0 Å². The Bertz CT molecular complexity index is 980. The van der Waals surface area contributed by atoms with Crippen LogP contribution >= 0.6 is 33.8 Å². The molecular weight excluding hydrogens is 451 g/mol. The zero-order chi connectivity index (χ0) is 21.7. The van der Waals surface area contributed by atoms with Gasteiger partial charge in [0.25, 0.3) is 5.91 Å². The normalized spacial score (nSPS) is 18.3. The molecular formula is C20H20Cl2N2O5S. The average Bonchev–Trinajstić information content (AvgIpc) is 3.02. The van der Waals surface area contributed by atoms with Crippen molar-refractivity contribution in [3.05, 3.63) is 52.0 Å². The molecule has 2 aromatic carbocycles. The maximum absolute atomic E-state index is 12.0. The van der Waals surface area contributed by atoms with Crippen LogP contribution in [0.3, 0.4) is 0 Å². The monoisotopic (exact) mass is 470 g/mol. The highest BCUT2D eigenvalue weighted by Crippen LogP contribution is 2.48. The molecule has 3 N–H and O–H groups in total. The highest BCUT2D eigenvalue weighted by atomic mass is 35.5. The van der Waals surface area contributed by atoms with E-state index in [9.17, 15) is 13.9 Å². The molecule has 10 heteroatoms. The van der Waals surface area contributed by atoms with Gasteiger partial charge in [0.2, 0.25) is 0 Å². The summed E-state index contributed by atoms with van der Waals surface area (Å²) >= 11 is 12.1. The number of hydrogen-bond donors (Lipinski definition) is 3. The molecule has 1 aliphatic rings.